The van der Waals surface area contributed by atoms with Crippen LogP contribution in [0.4, 0.5) is 5.82 Å². The minimum Gasteiger partial charge on any atom is -0.382 e. The Hall–Kier alpha value is -2.76. The molecule has 2 heterocycles. The van der Waals surface area contributed by atoms with E-state index in [4.69, 9.17) is 5.73 Å². The van der Waals surface area contributed by atoms with Crippen molar-refractivity contribution >= 4 is 5.82 Å². The summed E-state index contributed by atoms with van der Waals surface area (Å²) >= 11 is 0. The molecule has 0 aliphatic heterocycles. The molecule has 0 atom stereocenters. The zero-order valence-corrected chi connectivity index (χ0v) is 11.3. The summed E-state index contributed by atoms with van der Waals surface area (Å²) in [5.74, 6) is 0.443. The van der Waals surface area contributed by atoms with Crippen molar-refractivity contribution in [2.45, 2.75) is 6.92 Å². The third-order valence-corrected chi connectivity index (χ3v) is 3.24. The van der Waals surface area contributed by atoms with E-state index in [1.807, 2.05) is 37.4 Å². The molecule has 0 unspecified atom stereocenters. The highest BCUT2D eigenvalue weighted by Crippen LogP contribution is 2.21. The summed E-state index contributed by atoms with van der Waals surface area (Å²) in [6.07, 6.45) is 1.81. The summed E-state index contributed by atoms with van der Waals surface area (Å²) in [6, 6.07) is 9.44. The fraction of sp³-hybridized carbons (Fsp3) is 0.143. The first-order valence-electron chi connectivity index (χ1n) is 6.23. The van der Waals surface area contributed by atoms with Crippen molar-refractivity contribution in [3.05, 3.63) is 52.7 Å². The van der Waals surface area contributed by atoms with Crippen molar-refractivity contribution in [3.8, 4) is 16.9 Å². The zero-order valence-electron chi connectivity index (χ0n) is 11.3. The van der Waals surface area contributed by atoms with Crippen LogP contribution in [0.5, 0.6) is 0 Å². The fourth-order valence-electron chi connectivity index (χ4n) is 2.31. The van der Waals surface area contributed by atoms with Gasteiger partial charge in [-0.2, -0.15) is 5.10 Å². The monoisotopic (exact) mass is 269 g/mol. The second-order valence-electron chi connectivity index (χ2n) is 4.76. The number of rotatable bonds is 2. The van der Waals surface area contributed by atoms with Crippen LogP contribution in [0.2, 0.25) is 0 Å². The van der Waals surface area contributed by atoms with E-state index in [9.17, 15) is 4.79 Å². The molecule has 20 heavy (non-hydrogen) atoms. The number of hydrogen-bond donors (Lipinski definition) is 2. The van der Waals surface area contributed by atoms with Crippen LogP contribution in [0.3, 0.4) is 0 Å². The Balaban J connectivity index is 2.14. The highest BCUT2D eigenvalue weighted by Gasteiger charge is 2.09. The molecule has 0 saturated heterocycles. The Kier molecular flexibility index (Phi) is 2.71. The molecule has 0 saturated carbocycles. The lowest BCUT2D eigenvalue weighted by Gasteiger charge is -2.06. The van der Waals surface area contributed by atoms with E-state index in [0.29, 0.717) is 5.82 Å². The van der Waals surface area contributed by atoms with Crippen LogP contribution >= 0.6 is 0 Å². The molecule has 0 spiro atoms. The van der Waals surface area contributed by atoms with Gasteiger partial charge < -0.3 is 10.3 Å². The highest BCUT2D eigenvalue weighted by molar-refractivity contribution is 5.64. The van der Waals surface area contributed by atoms with Crippen LogP contribution < -0.4 is 11.4 Å². The maximum absolute atomic E-state index is 12.1. The quantitative estimate of drug-likeness (QED) is 0.739. The van der Waals surface area contributed by atoms with Gasteiger partial charge in [-0.05, 0) is 19.1 Å². The van der Waals surface area contributed by atoms with Crippen LogP contribution in [0.15, 0.2) is 41.3 Å². The number of aromatic nitrogens is 4. The molecule has 0 bridgehead atoms. The van der Waals surface area contributed by atoms with Gasteiger partial charge in [0.25, 0.3) is 0 Å². The molecule has 0 radical (unpaired) electrons. The predicted octanol–water partition coefficient (Wildman–Crippen LogP) is 1.46. The smallest absolute Gasteiger partial charge is 0.332 e. The number of nitrogen functional groups attached to an aromatic ring is 1. The normalized spacial score (nSPS) is 10.9. The predicted molar refractivity (Wildman–Crippen MR) is 77.7 cm³/mol. The number of anilines is 1. The van der Waals surface area contributed by atoms with Gasteiger partial charge in [0.05, 0.1) is 11.4 Å². The number of hydrogen-bond acceptors (Lipinski definition) is 3. The molecule has 2 aromatic heterocycles. The molecule has 3 rings (SSSR count). The van der Waals surface area contributed by atoms with Crippen LogP contribution in [0.25, 0.3) is 16.9 Å². The highest BCUT2D eigenvalue weighted by atomic mass is 16.1. The van der Waals surface area contributed by atoms with Crippen LogP contribution in [-0.4, -0.2) is 19.3 Å². The molecule has 102 valence electrons. The van der Waals surface area contributed by atoms with Gasteiger partial charge in [-0.15, -0.1) is 0 Å². The number of nitrogens with two attached hydrogens (primary N) is 1. The second-order valence-corrected chi connectivity index (χ2v) is 4.76. The molecule has 3 aromatic rings. The van der Waals surface area contributed by atoms with E-state index in [0.717, 1.165) is 22.6 Å². The van der Waals surface area contributed by atoms with Crippen LogP contribution in [0, 0.1) is 6.92 Å². The molecular weight excluding hydrogens is 254 g/mol. The number of aryl methyl sites for hydroxylation is 2. The molecule has 0 amide bonds. The van der Waals surface area contributed by atoms with E-state index in [1.165, 1.54) is 0 Å². The van der Waals surface area contributed by atoms with Crippen LogP contribution in [0.1, 0.15) is 5.69 Å². The summed E-state index contributed by atoms with van der Waals surface area (Å²) in [5.41, 5.74) is 9.01. The first-order chi connectivity index (χ1) is 9.56. The Morgan fingerprint density at radius 1 is 1.30 bits per heavy atom. The maximum atomic E-state index is 12.1. The Bertz CT molecular complexity index is 824. The topological polar surface area (TPSA) is 81.6 Å². The van der Waals surface area contributed by atoms with Crippen molar-refractivity contribution in [1.82, 2.24) is 19.3 Å². The van der Waals surface area contributed by atoms with Gasteiger partial charge in [0.2, 0.25) is 0 Å². The molecule has 6 heteroatoms. The number of aromatic amines is 1. The Morgan fingerprint density at radius 2 is 2.10 bits per heavy atom. The molecule has 0 fully saturated rings. The minimum absolute atomic E-state index is 0.0659. The van der Waals surface area contributed by atoms with Gasteiger partial charge in [0.15, 0.2) is 0 Å². The van der Waals surface area contributed by atoms with Gasteiger partial charge in [0, 0.05) is 30.6 Å². The zero-order chi connectivity index (χ0) is 14.3. The molecule has 0 aliphatic rings. The lowest BCUT2D eigenvalue weighted by molar-refractivity contribution is 0.821. The number of benzene rings is 1. The van der Waals surface area contributed by atoms with E-state index >= 15 is 0 Å². The Morgan fingerprint density at radius 3 is 2.70 bits per heavy atom. The summed E-state index contributed by atoms with van der Waals surface area (Å²) in [4.78, 5) is 12.1. The van der Waals surface area contributed by atoms with E-state index < -0.39 is 0 Å². The average molecular weight is 269 g/mol. The van der Waals surface area contributed by atoms with Gasteiger partial charge in [-0.1, -0.05) is 12.1 Å². The first kappa shape index (κ1) is 12.3. The van der Waals surface area contributed by atoms with Gasteiger partial charge in [-0.3, -0.25) is 9.67 Å². The van der Waals surface area contributed by atoms with Gasteiger partial charge in [0.1, 0.15) is 5.82 Å². The van der Waals surface area contributed by atoms with Crippen molar-refractivity contribution in [2.24, 2.45) is 7.05 Å². The van der Waals surface area contributed by atoms with Gasteiger partial charge in [-0.25, -0.2) is 4.79 Å². The Labute approximate surface area is 115 Å². The number of nitrogens with one attached hydrogen (secondary N) is 1. The van der Waals surface area contributed by atoms with Crippen molar-refractivity contribution in [1.29, 1.82) is 0 Å². The third kappa shape index (κ3) is 1.91. The number of nitrogens with zero attached hydrogens (tertiary/aromatic N) is 3. The second kappa shape index (κ2) is 4.41. The molecule has 0 aliphatic carbocycles. The SMILES string of the molecule is Cc1cn(C)c(=O)n1-c1cccc(-c2cc(N)n[nH]2)c1. The first-order valence-corrected chi connectivity index (χ1v) is 6.23. The molecular formula is C14H15N5O. The maximum Gasteiger partial charge on any atom is 0.332 e. The summed E-state index contributed by atoms with van der Waals surface area (Å²) in [6.45, 7) is 1.91. The van der Waals surface area contributed by atoms with Crippen molar-refractivity contribution in [2.75, 3.05) is 5.73 Å². The van der Waals surface area contributed by atoms with Gasteiger partial charge >= 0.3 is 5.69 Å². The third-order valence-electron chi connectivity index (χ3n) is 3.24. The number of H-pyrrole nitrogens is 1. The number of imidazole rings is 1. The van der Waals surface area contributed by atoms with E-state index in [-0.39, 0.29) is 5.69 Å². The molecule has 3 N–H and O–H groups in total. The van der Waals surface area contributed by atoms with Crippen molar-refractivity contribution < 1.29 is 0 Å². The fourth-order valence-corrected chi connectivity index (χ4v) is 2.31. The summed E-state index contributed by atoms with van der Waals surface area (Å²) in [7, 11) is 1.74. The summed E-state index contributed by atoms with van der Waals surface area (Å²) in [5, 5.41) is 6.78. The molecule has 6 nitrogen and oxygen atoms in total. The minimum atomic E-state index is -0.0659. The van der Waals surface area contributed by atoms with E-state index in [1.54, 1.807) is 22.2 Å². The van der Waals surface area contributed by atoms with E-state index in [2.05, 4.69) is 10.2 Å². The lowest BCUT2D eigenvalue weighted by atomic mass is 10.1. The molecule has 1 aromatic carbocycles. The summed E-state index contributed by atoms with van der Waals surface area (Å²) < 4.78 is 3.24. The van der Waals surface area contributed by atoms with Crippen molar-refractivity contribution in [3.63, 3.8) is 0 Å². The average Bonchev–Trinajstić information content (AvgIpc) is 2.95. The largest absolute Gasteiger partial charge is 0.382 e. The lowest BCUT2D eigenvalue weighted by Crippen LogP contribution is -2.21. The standard InChI is InChI=1S/C14H15N5O/c1-9-8-18(2)14(20)19(9)11-5-3-4-10(6-11)12-7-13(15)17-16-12/h3-8H,1-2H3,(H3,15,16,17). The van der Waals surface area contributed by atoms with Crippen LogP contribution in [-0.2, 0) is 7.05 Å².